The highest BCUT2D eigenvalue weighted by Gasteiger charge is 2.29. The number of hydrogen-bond donors (Lipinski definition) is 3. The maximum atomic E-state index is 12.4. The van der Waals surface area contributed by atoms with Crippen molar-refractivity contribution in [1.82, 2.24) is 4.72 Å². The summed E-state index contributed by atoms with van der Waals surface area (Å²) < 4.78 is 27.2. The fourth-order valence-electron chi connectivity index (χ4n) is 2.08. The second-order valence-electron chi connectivity index (χ2n) is 4.59. The van der Waals surface area contributed by atoms with E-state index in [1.807, 2.05) is 0 Å². The highest BCUT2D eigenvalue weighted by atomic mass is 32.2. The first-order chi connectivity index (χ1) is 9.94. The Balaban J connectivity index is 2.32. The molecule has 1 aromatic carbocycles. The standard InChI is InChI=1S/C11H16N4O4S2/c12-13-9-1-2-11(10(7-9)15(16)17)21(18,19)14-8-3-5-20-6-4-8/h1-2,7-8,13-14H,3-6,12H2. The number of rotatable bonds is 5. The summed E-state index contributed by atoms with van der Waals surface area (Å²) in [6, 6.07) is 3.50. The Morgan fingerprint density at radius 1 is 1.33 bits per heavy atom. The molecular formula is C11H16N4O4S2. The molecule has 0 saturated carbocycles. The molecule has 0 spiro atoms. The van der Waals surface area contributed by atoms with Crippen molar-refractivity contribution in [2.45, 2.75) is 23.8 Å². The summed E-state index contributed by atoms with van der Waals surface area (Å²) in [5.41, 5.74) is 2.04. The number of nitrogens with zero attached hydrogens (tertiary/aromatic N) is 1. The lowest BCUT2D eigenvalue weighted by Crippen LogP contribution is -2.37. The summed E-state index contributed by atoms with van der Waals surface area (Å²) in [5, 5.41) is 11.1. The van der Waals surface area contributed by atoms with Gasteiger partial charge in [0.2, 0.25) is 10.0 Å². The number of nitro groups is 1. The second-order valence-corrected chi connectivity index (χ2v) is 7.50. The van der Waals surface area contributed by atoms with Crippen LogP contribution in [-0.4, -0.2) is 30.9 Å². The van der Waals surface area contributed by atoms with Crippen LogP contribution in [0.2, 0.25) is 0 Å². The maximum absolute atomic E-state index is 12.4. The zero-order chi connectivity index (χ0) is 15.5. The summed E-state index contributed by atoms with van der Waals surface area (Å²) in [6.07, 6.45) is 1.44. The molecule has 1 fully saturated rings. The minimum atomic E-state index is -3.93. The number of nitrogen functional groups attached to an aromatic ring is 1. The molecule has 1 heterocycles. The highest BCUT2D eigenvalue weighted by molar-refractivity contribution is 7.99. The second kappa shape index (κ2) is 6.60. The summed E-state index contributed by atoms with van der Waals surface area (Å²) in [6.45, 7) is 0. The lowest BCUT2D eigenvalue weighted by Gasteiger charge is -2.22. The molecule has 116 valence electrons. The zero-order valence-corrected chi connectivity index (χ0v) is 12.7. The average molecular weight is 332 g/mol. The van der Waals surface area contributed by atoms with Crippen molar-refractivity contribution in [3.05, 3.63) is 28.3 Å². The molecule has 0 aliphatic carbocycles. The number of hydrazine groups is 1. The van der Waals surface area contributed by atoms with Gasteiger partial charge in [-0.1, -0.05) is 0 Å². The van der Waals surface area contributed by atoms with Gasteiger partial charge < -0.3 is 5.43 Å². The minimum Gasteiger partial charge on any atom is -0.324 e. The third-order valence-electron chi connectivity index (χ3n) is 3.15. The van der Waals surface area contributed by atoms with Crippen LogP contribution in [0.5, 0.6) is 0 Å². The minimum absolute atomic E-state index is 0.178. The van der Waals surface area contributed by atoms with E-state index < -0.39 is 20.6 Å². The van der Waals surface area contributed by atoms with E-state index >= 15 is 0 Å². The highest BCUT2D eigenvalue weighted by Crippen LogP contribution is 2.28. The summed E-state index contributed by atoms with van der Waals surface area (Å²) in [5.74, 6) is 6.95. The van der Waals surface area contributed by atoms with Gasteiger partial charge in [0.05, 0.1) is 10.6 Å². The third-order valence-corrected chi connectivity index (χ3v) is 5.77. The smallest absolute Gasteiger partial charge is 0.291 e. The number of thioether (sulfide) groups is 1. The molecule has 21 heavy (non-hydrogen) atoms. The largest absolute Gasteiger partial charge is 0.324 e. The SMILES string of the molecule is NNc1ccc(S(=O)(=O)NC2CCSCC2)c([N+](=O)[O-])c1. The molecule has 0 radical (unpaired) electrons. The van der Waals surface area contributed by atoms with Gasteiger partial charge in [0.15, 0.2) is 4.90 Å². The van der Waals surface area contributed by atoms with Crippen LogP contribution in [0.1, 0.15) is 12.8 Å². The normalized spacial score (nSPS) is 16.6. The predicted molar refractivity (Wildman–Crippen MR) is 81.6 cm³/mol. The molecule has 1 aliphatic heterocycles. The van der Waals surface area contributed by atoms with Gasteiger partial charge in [-0.3, -0.25) is 16.0 Å². The van der Waals surface area contributed by atoms with Crippen molar-refractivity contribution in [2.24, 2.45) is 5.84 Å². The molecule has 4 N–H and O–H groups in total. The van der Waals surface area contributed by atoms with Crippen molar-refractivity contribution < 1.29 is 13.3 Å². The average Bonchev–Trinajstić information content (AvgIpc) is 2.47. The molecule has 0 aromatic heterocycles. The van der Waals surface area contributed by atoms with E-state index in [2.05, 4.69) is 10.1 Å². The van der Waals surface area contributed by atoms with Gasteiger partial charge in [0.1, 0.15) is 0 Å². The van der Waals surface area contributed by atoms with Gasteiger partial charge in [0.25, 0.3) is 5.69 Å². The van der Waals surface area contributed by atoms with E-state index in [9.17, 15) is 18.5 Å². The summed E-state index contributed by atoms with van der Waals surface area (Å²) >= 11 is 1.77. The maximum Gasteiger partial charge on any atom is 0.291 e. The fourth-order valence-corrected chi connectivity index (χ4v) is 4.64. The molecule has 8 nitrogen and oxygen atoms in total. The number of sulfonamides is 1. The molecule has 1 saturated heterocycles. The molecule has 10 heteroatoms. The topological polar surface area (TPSA) is 127 Å². The fraction of sp³-hybridized carbons (Fsp3) is 0.455. The molecule has 2 rings (SSSR count). The Kier molecular flexibility index (Phi) is 5.04. The summed E-state index contributed by atoms with van der Waals surface area (Å²) in [4.78, 5) is 10.00. The molecule has 0 bridgehead atoms. The van der Waals surface area contributed by atoms with Crippen LogP contribution in [0.3, 0.4) is 0 Å². The summed E-state index contributed by atoms with van der Waals surface area (Å²) in [7, 11) is -3.93. The van der Waals surface area contributed by atoms with Crippen LogP contribution in [-0.2, 0) is 10.0 Å². The van der Waals surface area contributed by atoms with E-state index in [0.717, 1.165) is 30.4 Å². The lowest BCUT2D eigenvalue weighted by atomic mass is 10.2. The molecule has 1 aromatic rings. The first-order valence-corrected chi connectivity index (χ1v) is 8.93. The number of anilines is 1. The van der Waals surface area contributed by atoms with Crippen LogP contribution in [0, 0.1) is 10.1 Å². The van der Waals surface area contributed by atoms with Gasteiger partial charge >= 0.3 is 0 Å². The molecule has 0 amide bonds. The van der Waals surface area contributed by atoms with Crippen LogP contribution in [0.15, 0.2) is 23.1 Å². The van der Waals surface area contributed by atoms with Crippen LogP contribution in [0.25, 0.3) is 0 Å². The van der Waals surface area contributed by atoms with E-state index in [1.165, 1.54) is 12.1 Å². The van der Waals surface area contributed by atoms with E-state index in [0.29, 0.717) is 0 Å². The van der Waals surface area contributed by atoms with Crippen LogP contribution in [0.4, 0.5) is 11.4 Å². The predicted octanol–water partition coefficient (Wildman–Crippen LogP) is 1.05. The number of nitrogens with two attached hydrogens (primary N) is 1. The van der Waals surface area contributed by atoms with E-state index in [1.54, 1.807) is 11.8 Å². The Morgan fingerprint density at radius 3 is 2.57 bits per heavy atom. The molecule has 0 unspecified atom stereocenters. The van der Waals surface area contributed by atoms with E-state index in [-0.39, 0.29) is 16.6 Å². The van der Waals surface area contributed by atoms with Gasteiger partial charge in [0, 0.05) is 12.1 Å². The number of nitrogens with one attached hydrogen (secondary N) is 2. The van der Waals surface area contributed by atoms with Crippen molar-refractivity contribution in [1.29, 1.82) is 0 Å². The number of hydrogen-bond acceptors (Lipinski definition) is 7. The Hall–Kier alpha value is -1.36. The molecule has 0 atom stereocenters. The molecular weight excluding hydrogens is 316 g/mol. The first kappa shape index (κ1) is 16.0. The number of benzene rings is 1. The van der Waals surface area contributed by atoms with Gasteiger partial charge in [-0.2, -0.15) is 11.8 Å². The van der Waals surface area contributed by atoms with Crippen molar-refractivity contribution >= 4 is 33.2 Å². The number of nitro benzene ring substituents is 1. The van der Waals surface area contributed by atoms with Crippen molar-refractivity contribution in [3.8, 4) is 0 Å². The Bertz CT molecular complexity index is 629. The third kappa shape index (κ3) is 3.84. The van der Waals surface area contributed by atoms with Gasteiger partial charge in [-0.25, -0.2) is 13.1 Å². The van der Waals surface area contributed by atoms with Gasteiger partial charge in [-0.05, 0) is 36.5 Å². The Morgan fingerprint density at radius 2 is 2.00 bits per heavy atom. The van der Waals surface area contributed by atoms with Crippen LogP contribution < -0.4 is 16.0 Å². The monoisotopic (exact) mass is 332 g/mol. The van der Waals surface area contributed by atoms with Crippen LogP contribution >= 0.6 is 11.8 Å². The van der Waals surface area contributed by atoms with E-state index in [4.69, 9.17) is 5.84 Å². The lowest BCUT2D eigenvalue weighted by molar-refractivity contribution is -0.387. The van der Waals surface area contributed by atoms with Crippen molar-refractivity contribution in [3.63, 3.8) is 0 Å². The molecule has 1 aliphatic rings. The Labute approximate surface area is 126 Å². The van der Waals surface area contributed by atoms with Gasteiger partial charge in [-0.15, -0.1) is 0 Å². The quantitative estimate of drug-likeness (QED) is 0.418. The van der Waals surface area contributed by atoms with Crippen molar-refractivity contribution in [2.75, 3.05) is 16.9 Å². The zero-order valence-electron chi connectivity index (χ0n) is 11.1. The first-order valence-electron chi connectivity index (χ1n) is 6.29.